The predicted molar refractivity (Wildman–Crippen MR) is 106 cm³/mol. The van der Waals surface area contributed by atoms with Crippen LogP contribution in [0.3, 0.4) is 0 Å². The number of carbonyl (C=O) groups is 1. The van der Waals surface area contributed by atoms with Gasteiger partial charge in [0.15, 0.2) is 11.5 Å². The summed E-state index contributed by atoms with van der Waals surface area (Å²) in [5.74, 6) is 1.80. The van der Waals surface area contributed by atoms with Gasteiger partial charge in [0.2, 0.25) is 0 Å². The monoisotopic (exact) mass is 372 g/mol. The zero-order valence-corrected chi connectivity index (χ0v) is 16.4. The Morgan fingerprint density at radius 3 is 2.22 bits per heavy atom. The summed E-state index contributed by atoms with van der Waals surface area (Å²) in [4.78, 5) is 12.2. The topological polar surface area (TPSA) is 68.8 Å². The molecule has 2 aromatic rings. The van der Waals surface area contributed by atoms with Crippen molar-refractivity contribution in [1.82, 2.24) is 10.6 Å². The Kier molecular flexibility index (Phi) is 7.79. The molecule has 0 aliphatic heterocycles. The third kappa shape index (κ3) is 6.09. The lowest BCUT2D eigenvalue weighted by Crippen LogP contribution is -2.40. The first-order valence-electron chi connectivity index (χ1n) is 8.94. The molecular weight excluding hydrogens is 344 g/mol. The van der Waals surface area contributed by atoms with Gasteiger partial charge in [-0.15, -0.1) is 0 Å². The average molecular weight is 372 g/mol. The van der Waals surface area contributed by atoms with E-state index < -0.39 is 0 Å². The maximum Gasteiger partial charge on any atom is 0.315 e. The molecule has 0 radical (unpaired) electrons. The number of hydrogen-bond acceptors (Lipinski definition) is 4. The Balaban J connectivity index is 1.87. The molecule has 0 saturated heterocycles. The Morgan fingerprint density at radius 1 is 0.963 bits per heavy atom. The van der Waals surface area contributed by atoms with Crippen molar-refractivity contribution in [3.05, 3.63) is 53.6 Å². The number of aryl methyl sites for hydroxylation is 1. The van der Waals surface area contributed by atoms with E-state index in [1.165, 1.54) is 5.56 Å². The van der Waals surface area contributed by atoms with Crippen LogP contribution >= 0.6 is 0 Å². The van der Waals surface area contributed by atoms with E-state index in [2.05, 4.69) is 22.8 Å². The lowest BCUT2D eigenvalue weighted by molar-refractivity contribution is 0.236. The smallest absolute Gasteiger partial charge is 0.315 e. The number of amides is 2. The molecule has 0 bridgehead atoms. The van der Waals surface area contributed by atoms with Crippen molar-refractivity contribution in [2.45, 2.75) is 32.4 Å². The van der Waals surface area contributed by atoms with E-state index >= 15 is 0 Å². The van der Waals surface area contributed by atoms with Crippen molar-refractivity contribution in [3.63, 3.8) is 0 Å². The van der Waals surface area contributed by atoms with E-state index in [-0.39, 0.29) is 12.1 Å². The summed E-state index contributed by atoms with van der Waals surface area (Å²) < 4.78 is 16.0. The second kappa shape index (κ2) is 10.3. The van der Waals surface area contributed by atoms with E-state index in [0.29, 0.717) is 23.8 Å². The van der Waals surface area contributed by atoms with Crippen LogP contribution in [0.2, 0.25) is 0 Å². The minimum Gasteiger partial charge on any atom is -0.496 e. The summed E-state index contributed by atoms with van der Waals surface area (Å²) in [5, 5.41) is 5.83. The van der Waals surface area contributed by atoms with Crippen molar-refractivity contribution < 1.29 is 19.0 Å². The number of benzene rings is 2. The quantitative estimate of drug-likeness (QED) is 0.706. The van der Waals surface area contributed by atoms with Crippen LogP contribution in [0.5, 0.6) is 17.2 Å². The van der Waals surface area contributed by atoms with Crippen LogP contribution in [0, 0.1) is 0 Å². The molecule has 0 aromatic heterocycles. The number of nitrogens with one attached hydrogen (secondary N) is 2. The first kappa shape index (κ1) is 20.4. The molecule has 0 aliphatic rings. The number of hydrogen-bond donors (Lipinski definition) is 2. The Hall–Kier alpha value is -2.89. The summed E-state index contributed by atoms with van der Waals surface area (Å²) in [5.41, 5.74) is 2.07. The van der Waals surface area contributed by atoms with E-state index in [4.69, 9.17) is 14.2 Å². The molecule has 0 spiro atoms. The average Bonchev–Trinajstić information content (AvgIpc) is 2.70. The highest BCUT2D eigenvalue weighted by Gasteiger charge is 2.13. The highest BCUT2D eigenvalue weighted by molar-refractivity contribution is 5.74. The van der Waals surface area contributed by atoms with Crippen molar-refractivity contribution >= 4 is 6.03 Å². The molecule has 0 heterocycles. The molecule has 0 aliphatic carbocycles. The van der Waals surface area contributed by atoms with E-state index in [1.54, 1.807) is 33.5 Å². The van der Waals surface area contributed by atoms with Crippen LogP contribution in [0.4, 0.5) is 4.79 Å². The summed E-state index contributed by atoms with van der Waals surface area (Å²) in [6.45, 7) is 2.32. The van der Waals surface area contributed by atoms with Gasteiger partial charge < -0.3 is 24.8 Å². The second-order valence-electron chi connectivity index (χ2n) is 6.27. The fourth-order valence-electron chi connectivity index (χ4n) is 2.78. The molecule has 146 valence electrons. The maximum absolute atomic E-state index is 12.2. The van der Waals surface area contributed by atoms with Gasteiger partial charge in [-0.3, -0.25) is 0 Å². The number of methoxy groups -OCH3 is 3. The number of carbonyl (C=O) groups excluding carboxylic acids is 1. The zero-order chi connectivity index (χ0) is 19.6. The highest BCUT2D eigenvalue weighted by Crippen LogP contribution is 2.34. The zero-order valence-electron chi connectivity index (χ0n) is 16.4. The largest absolute Gasteiger partial charge is 0.496 e. The number of ether oxygens (including phenoxy) is 3. The van der Waals surface area contributed by atoms with Crippen LogP contribution in [-0.4, -0.2) is 33.4 Å². The van der Waals surface area contributed by atoms with Crippen LogP contribution < -0.4 is 24.8 Å². The van der Waals surface area contributed by atoms with E-state index in [9.17, 15) is 4.79 Å². The molecule has 0 fully saturated rings. The fourth-order valence-corrected chi connectivity index (χ4v) is 2.78. The summed E-state index contributed by atoms with van der Waals surface area (Å²) in [6, 6.07) is 13.6. The first-order valence-corrected chi connectivity index (χ1v) is 8.94. The van der Waals surface area contributed by atoms with Gasteiger partial charge in [-0.2, -0.15) is 0 Å². The van der Waals surface area contributed by atoms with Crippen molar-refractivity contribution in [2.24, 2.45) is 0 Å². The van der Waals surface area contributed by atoms with E-state index in [0.717, 1.165) is 18.4 Å². The molecule has 2 amide bonds. The Bertz CT molecular complexity index is 734. The SMILES string of the molecule is COc1cc(OC)c(OC)cc1CNC(=O)NC(C)CCc1ccccc1. The first-order chi connectivity index (χ1) is 13.1. The molecule has 27 heavy (non-hydrogen) atoms. The number of urea groups is 1. The Morgan fingerprint density at radius 2 is 1.59 bits per heavy atom. The lowest BCUT2D eigenvalue weighted by atomic mass is 10.1. The van der Waals surface area contributed by atoms with Crippen molar-refractivity contribution in [2.75, 3.05) is 21.3 Å². The standard InChI is InChI=1S/C21H28N2O4/c1-15(10-11-16-8-6-5-7-9-16)23-21(24)22-14-17-12-19(26-3)20(27-4)13-18(17)25-2/h5-9,12-13,15H,10-11,14H2,1-4H3,(H2,22,23,24). The third-order valence-electron chi connectivity index (χ3n) is 4.31. The fraction of sp³-hybridized carbons (Fsp3) is 0.381. The predicted octanol–water partition coefficient (Wildman–Crippen LogP) is 3.53. The molecular formula is C21H28N2O4. The molecule has 2 rings (SSSR count). The van der Waals surface area contributed by atoms with Gasteiger partial charge in [-0.05, 0) is 31.4 Å². The van der Waals surface area contributed by atoms with Crippen molar-refractivity contribution in [3.8, 4) is 17.2 Å². The molecule has 6 heteroatoms. The van der Waals surface area contributed by atoms with Gasteiger partial charge in [0.05, 0.1) is 21.3 Å². The molecule has 1 atom stereocenters. The third-order valence-corrected chi connectivity index (χ3v) is 4.31. The van der Waals surface area contributed by atoms with Crippen LogP contribution in [0.25, 0.3) is 0 Å². The molecule has 6 nitrogen and oxygen atoms in total. The van der Waals surface area contributed by atoms with Gasteiger partial charge >= 0.3 is 6.03 Å². The highest BCUT2D eigenvalue weighted by atomic mass is 16.5. The minimum absolute atomic E-state index is 0.0671. The van der Waals surface area contributed by atoms with Gasteiger partial charge in [-0.1, -0.05) is 30.3 Å². The van der Waals surface area contributed by atoms with Crippen LogP contribution in [-0.2, 0) is 13.0 Å². The van der Waals surface area contributed by atoms with Gasteiger partial charge in [-0.25, -0.2) is 4.79 Å². The molecule has 0 saturated carbocycles. The van der Waals surface area contributed by atoms with Crippen LogP contribution in [0.15, 0.2) is 42.5 Å². The molecule has 2 N–H and O–H groups in total. The van der Waals surface area contributed by atoms with E-state index in [1.807, 2.05) is 25.1 Å². The van der Waals surface area contributed by atoms with Gasteiger partial charge in [0.25, 0.3) is 0 Å². The van der Waals surface area contributed by atoms with Crippen molar-refractivity contribution in [1.29, 1.82) is 0 Å². The summed E-state index contributed by atoms with van der Waals surface area (Å²) in [7, 11) is 4.72. The molecule has 1 unspecified atom stereocenters. The van der Waals surface area contributed by atoms with Gasteiger partial charge in [0, 0.05) is 24.2 Å². The van der Waals surface area contributed by atoms with Crippen LogP contribution in [0.1, 0.15) is 24.5 Å². The summed E-state index contributed by atoms with van der Waals surface area (Å²) >= 11 is 0. The second-order valence-corrected chi connectivity index (χ2v) is 6.27. The number of rotatable bonds is 9. The Labute approximate surface area is 160 Å². The maximum atomic E-state index is 12.2. The minimum atomic E-state index is -0.215. The lowest BCUT2D eigenvalue weighted by Gasteiger charge is -2.17. The van der Waals surface area contributed by atoms with Gasteiger partial charge in [0.1, 0.15) is 5.75 Å². The summed E-state index contributed by atoms with van der Waals surface area (Å²) in [6.07, 6.45) is 1.79. The molecule has 2 aromatic carbocycles. The normalized spacial score (nSPS) is 11.4.